The van der Waals surface area contributed by atoms with Crippen LogP contribution in [0.4, 0.5) is 0 Å². The molecule has 0 aromatic rings. The lowest BCUT2D eigenvalue weighted by Crippen LogP contribution is -2.53. The van der Waals surface area contributed by atoms with Crippen molar-refractivity contribution < 1.29 is 9.90 Å². The van der Waals surface area contributed by atoms with Gasteiger partial charge in [0.25, 0.3) is 0 Å². The van der Waals surface area contributed by atoms with Gasteiger partial charge in [-0.1, -0.05) is 19.3 Å². The number of nitrogens with one attached hydrogen (secondary N) is 1. The highest BCUT2D eigenvalue weighted by Gasteiger charge is 2.30. The summed E-state index contributed by atoms with van der Waals surface area (Å²) in [5.74, 6) is -0.807. The number of rotatable bonds is 4. The van der Waals surface area contributed by atoms with E-state index in [1.807, 2.05) is 0 Å². The molecular formula is C9H18N2O2. The van der Waals surface area contributed by atoms with Crippen LogP contribution in [0.3, 0.4) is 0 Å². The molecule has 0 aromatic carbocycles. The van der Waals surface area contributed by atoms with Gasteiger partial charge in [0.05, 0.1) is 6.54 Å². The molecule has 1 rings (SSSR count). The molecule has 4 nitrogen and oxygen atoms in total. The van der Waals surface area contributed by atoms with Crippen molar-refractivity contribution in [1.82, 2.24) is 5.32 Å². The summed E-state index contributed by atoms with van der Waals surface area (Å²) < 4.78 is 0. The summed E-state index contributed by atoms with van der Waals surface area (Å²) in [6, 6.07) is 0. The van der Waals surface area contributed by atoms with Crippen molar-refractivity contribution in [1.29, 1.82) is 0 Å². The zero-order valence-corrected chi connectivity index (χ0v) is 7.88. The lowest BCUT2D eigenvalue weighted by atomic mass is 9.82. The van der Waals surface area contributed by atoms with Gasteiger partial charge in [-0.25, -0.2) is 0 Å². The summed E-state index contributed by atoms with van der Waals surface area (Å²) >= 11 is 0. The first-order chi connectivity index (χ1) is 6.18. The first-order valence-corrected chi connectivity index (χ1v) is 4.85. The highest BCUT2D eigenvalue weighted by atomic mass is 16.4. The normalized spacial score (nSPS) is 21.3. The second-order valence-corrected chi connectivity index (χ2v) is 3.79. The Morgan fingerprint density at radius 2 is 2.00 bits per heavy atom. The summed E-state index contributed by atoms with van der Waals surface area (Å²) in [4.78, 5) is 10.4. The minimum absolute atomic E-state index is 0.0250. The van der Waals surface area contributed by atoms with Gasteiger partial charge in [-0.3, -0.25) is 4.79 Å². The second kappa shape index (κ2) is 4.58. The monoisotopic (exact) mass is 186 g/mol. The highest BCUT2D eigenvalue weighted by Crippen LogP contribution is 2.26. The first-order valence-electron chi connectivity index (χ1n) is 4.85. The van der Waals surface area contributed by atoms with Gasteiger partial charge in [-0.2, -0.15) is 0 Å². The summed E-state index contributed by atoms with van der Waals surface area (Å²) in [7, 11) is 0. The van der Waals surface area contributed by atoms with Gasteiger partial charge >= 0.3 is 5.97 Å². The van der Waals surface area contributed by atoms with Gasteiger partial charge in [0, 0.05) is 12.1 Å². The number of hydrogen-bond donors (Lipinski definition) is 3. The molecule has 0 heterocycles. The highest BCUT2D eigenvalue weighted by molar-refractivity contribution is 5.69. The van der Waals surface area contributed by atoms with E-state index in [-0.39, 0.29) is 12.1 Å². The quantitative estimate of drug-likeness (QED) is 0.591. The average molecular weight is 186 g/mol. The maximum Gasteiger partial charge on any atom is 0.317 e. The smallest absolute Gasteiger partial charge is 0.317 e. The summed E-state index contributed by atoms with van der Waals surface area (Å²) in [6.07, 6.45) is 5.58. The predicted molar refractivity (Wildman–Crippen MR) is 50.5 cm³/mol. The van der Waals surface area contributed by atoms with E-state index in [0.717, 1.165) is 25.7 Å². The lowest BCUT2D eigenvalue weighted by Gasteiger charge is -2.36. The molecule has 4 N–H and O–H groups in total. The molecule has 0 amide bonds. The fourth-order valence-corrected chi connectivity index (χ4v) is 1.94. The Balaban J connectivity index is 2.42. The molecule has 0 spiro atoms. The number of carbonyl (C=O) groups is 1. The van der Waals surface area contributed by atoms with Gasteiger partial charge in [0.1, 0.15) is 0 Å². The van der Waals surface area contributed by atoms with Crippen LogP contribution in [0.5, 0.6) is 0 Å². The summed E-state index contributed by atoms with van der Waals surface area (Å²) in [5, 5.41) is 11.6. The molecule has 0 aromatic heterocycles. The predicted octanol–water partition coefficient (Wildman–Crippen LogP) is 0.322. The van der Waals surface area contributed by atoms with Gasteiger partial charge in [-0.15, -0.1) is 0 Å². The average Bonchev–Trinajstić information content (AvgIpc) is 2.16. The fraction of sp³-hybridized carbons (Fsp3) is 0.889. The van der Waals surface area contributed by atoms with Crippen LogP contribution in [0.25, 0.3) is 0 Å². The molecule has 0 unspecified atom stereocenters. The number of aliphatic carboxylic acids is 1. The van der Waals surface area contributed by atoms with Crippen LogP contribution in [0.15, 0.2) is 0 Å². The van der Waals surface area contributed by atoms with Gasteiger partial charge in [0.15, 0.2) is 0 Å². The van der Waals surface area contributed by atoms with Crippen molar-refractivity contribution >= 4 is 5.97 Å². The fourth-order valence-electron chi connectivity index (χ4n) is 1.94. The van der Waals surface area contributed by atoms with E-state index in [2.05, 4.69) is 5.32 Å². The molecule has 0 radical (unpaired) electrons. The van der Waals surface area contributed by atoms with Crippen LogP contribution in [0, 0.1) is 0 Å². The molecule has 13 heavy (non-hydrogen) atoms. The number of nitrogens with two attached hydrogens (primary N) is 1. The van der Waals surface area contributed by atoms with Crippen molar-refractivity contribution in [2.75, 3.05) is 13.1 Å². The van der Waals surface area contributed by atoms with E-state index in [1.54, 1.807) is 0 Å². The molecule has 0 atom stereocenters. The molecule has 1 saturated carbocycles. The van der Waals surface area contributed by atoms with Crippen LogP contribution in [0.1, 0.15) is 32.1 Å². The Kier molecular flexibility index (Phi) is 3.69. The standard InChI is InChI=1S/C9H18N2O2/c10-7-9(11-6-8(12)13)4-2-1-3-5-9/h11H,1-7,10H2,(H,12,13). The van der Waals surface area contributed by atoms with E-state index in [0.29, 0.717) is 6.54 Å². The minimum Gasteiger partial charge on any atom is -0.480 e. The molecule has 0 bridgehead atoms. The lowest BCUT2D eigenvalue weighted by molar-refractivity contribution is -0.136. The van der Waals surface area contributed by atoms with E-state index in [4.69, 9.17) is 10.8 Å². The molecular weight excluding hydrogens is 168 g/mol. The summed E-state index contributed by atoms with van der Waals surface area (Å²) in [5.41, 5.74) is 5.57. The molecule has 0 saturated heterocycles. The Labute approximate surface area is 78.5 Å². The van der Waals surface area contributed by atoms with Crippen LogP contribution in [0.2, 0.25) is 0 Å². The number of carboxylic acids is 1. The van der Waals surface area contributed by atoms with Gasteiger partial charge < -0.3 is 16.2 Å². The molecule has 1 aliphatic rings. The van der Waals surface area contributed by atoms with Crippen molar-refractivity contribution in [3.05, 3.63) is 0 Å². The molecule has 0 aliphatic heterocycles. The van der Waals surface area contributed by atoms with Gasteiger partial charge in [0.2, 0.25) is 0 Å². The zero-order valence-electron chi connectivity index (χ0n) is 7.88. The van der Waals surface area contributed by atoms with Gasteiger partial charge in [-0.05, 0) is 12.8 Å². The number of hydrogen-bond acceptors (Lipinski definition) is 3. The van der Waals surface area contributed by atoms with Crippen LogP contribution < -0.4 is 11.1 Å². The first kappa shape index (κ1) is 10.5. The third kappa shape index (κ3) is 2.97. The third-order valence-corrected chi connectivity index (χ3v) is 2.82. The second-order valence-electron chi connectivity index (χ2n) is 3.79. The SMILES string of the molecule is NCC1(NCC(=O)O)CCCCC1. The van der Waals surface area contributed by atoms with E-state index in [9.17, 15) is 4.79 Å². The molecule has 1 aliphatic carbocycles. The van der Waals surface area contributed by atoms with Crippen LogP contribution >= 0.6 is 0 Å². The van der Waals surface area contributed by atoms with E-state index in [1.165, 1.54) is 6.42 Å². The van der Waals surface area contributed by atoms with Crippen molar-refractivity contribution in [3.8, 4) is 0 Å². The van der Waals surface area contributed by atoms with Crippen molar-refractivity contribution in [2.24, 2.45) is 5.73 Å². The minimum atomic E-state index is -0.807. The van der Waals surface area contributed by atoms with Crippen molar-refractivity contribution in [3.63, 3.8) is 0 Å². The van der Waals surface area contributed by atoms with Crippen LogP contribution in [-0.4, -0.2) is 29.7 Å². The molecule has 1 fully saturated rings. The van der Waals surface area contributed by atoms with E-state index >= 15 is 0 Å². The Morgan fingerprint density at radius 3 is 2.46 bits per heavy atom. The summed E-state index contributed by atoms with van der Waals surface area (Å²) in [6.45, 7) is 0.567. The molecule has 76 valence electrons. The Hall–Kier alpha value is -0.610. The zero-order chi connectivity index (χ0) is 9.73. The topological polar surface area (TPSA) is 75.3 Å². The van der Waals surface area contributed by atoms with Crippen LogP contribution in [-0.2, 0) is 4.79 Å². The Bertz CT molecular complexity index is 176. The van der Waals surface area contributed by atoms with Crippen molar-refractivity contribution in [2.45, 2.75) is 37.6 Å². The Morgan fingerprint density at radius 1 is 1.38 bits per heavy atom. The third-order valence-electron chi connectivity index (χ3n) is 2.82. The maximum atomic E-state index is 10.4. The van der Waals surface area contributed by atoms with E-state index < -0.39 is 5.97 Å². The molecule has 4 heteroatoms. The largest absolute Gasteiger partial charge is 0.480 e. The number of carboxylic acid groups (broad SMARTS) is 1. The maximum absolute atomic E-state index is 10.4.